The number of H-pyrrole nitrogens is 1. The zero-order valence-corrected chi connectivity index (χ0v) is 5.29. The van der Waals surface area contributed by atoms with Crippen molar-refractivity contribution in [3.8, 4) is 0 Å². The van der Waals surface area contributed by atoms with Crippen molar-refractivity contribution in [2.24, 2.45) is 5.73 Å². The normalized spacial score (nSPS) is 9.70. The Morgan fingerprint density at radius 2 is 2.40 bits per heavy atom. The van der Waals surface area contributed by atoms with Gasteiger partial charge in [0, 0.05) is 6.54 Å². The number of aromatic nitrogens is 2. The molecule has 0 unspecified atom stereocenters. The van der Waals surface area contributed by atoms with E-state index in [2.05, 4.69) is 9.97 Å². The highest BCUT2D eigenvalue weighted by Crippen LogP contribution is 1.96. The minimum absolute atomic E-state index is 0.120. The van der Waals surface area contributed by atoms with Gasteiger partial charge in [-0.3, -0.25) is 4.79 Å². The molecule has 5 heteroatoms. The monoisotopic (exact) mass is 140 g/mol. The van der Waals surface area contributed by atoms with Gasteiger partial charge in [0.15, 0.2) is 0 Å². The predicted molar refractivity (Wildman–Crippen MR) is 37.2 cm³/mol. The standard InChI is InChI=1S/C5H8N4O/c6-1-3-4(7)8-2-9-5(3)10/h2H,1,6H2,(H3,7,8,9,10). The van der Waals surface area contributed by atoms with E-state index in [9.17, 15) is 4.79 Å². The number of rotatable bonds is 1. The highest BCUT2D eigenvalue weighted by molar-refractivity contribution is 5.35. The third-order valence-corrected chi connectivity index (χ3v) is 1.19. The Balaban J connectivity index is 3.31. The fourth-order valence-electron chi connectivity index (χ4n) is 0.639. The van der Waals surface area contributed by atoms with Crippen LogP contribution in [0.5, 0.6) is 0 Å². The van der Waals surface area contributed by atoms with Crippen LogP contribution in [0.3, 0.4) is 0 Å². The number of anilines is 1. The first-order chi connectivity index (χ1) is 4.75. The van der Waals surface area contributed by atoms with E-state index in [-0.39, 0.29) is 17.9 Å². The van der Waals surface area contributed by atoms with Gasteiger partial charge in [-0.05, 0) is 0 Å². The summed E-state index contributed by atoms with van der Waals surface area (Å²) in [6.07, 6.45) is 1.25. The maximum absolute atomic E-state index is 10.8. The van der Waals surface area contributed by atoms with Crippen molar-refractivity contribution in [3.63, 3.8) is 0 Å². The zero-order valence-electron chi connectivity index (χ0n) is 5.29. The maximum Gasteiger partial charge on any atom is 0.257 e. The van der Waals surface area contributed by atoms with Gasteiger partial charge in [0.05, 0.1) is 11.9 Å². The molecule has 5 nitrogen and oxygen atoms in total. The van der Waals surface area contributed by atoms with Crippen LogP contribution in [0.1, 0.15) is 5.56 Å². The second kappa shape index (κ2) is 2.49. The fraction of sp³-hybridized carbons (Fsp3) is 0.200. The van der Waals surface area contributed by atoms with E-state index in [0.717, 1.165) is 0 Å². The minimum atomic E-state index is -0.269. The SMILES string of the molecule is NCc1c(N)nc[nH]c1=O. The summed E-state index contributed by atoms with van der Waals surface area (Å²) in [5.41, 5.74) is 10.6. The van der Waals surface area contributed by atoms with Crippen molar-refractivity contribution in [3.05, 3.63) is 22.2 Å². The second-order valence-corrected chi connectivity index (χ2v) is 1.80. The van der Waals surface area contributed by atoms with Crippen LogP contribution in [0, 0.1) is 0 Å². The summed E-state index contributed by atoms with van der Waals surface area (Å²) < 4.78 is 0. The Bertz CT molecular complexity index is 279. The molecule has 10 heavy (non-hydrogen) atoms. The Hall–Kier alpha value is -1.36. The molecular formula is C5H8N4O. The van der Waals surface area contributed by atoms with Crippen LogP contribution >= 0.6 is 0 Å². The van der Waals surface area contributed by atoms with Crippen LogP contribution in [0.4, 0.5) is 5.82 Å². The highest BCUT2D eigenvalue weighted by atomic mass is 16.1. The van der Waals surface area contributed by atoms with Gasteiger partial charge in [0.2, 0.25) is 0 Å². The van der Waals surface area contributed by atoms with Gasteiger partial charge >= 0.3 is 0 Å². The van der Waals surface area contributed by atoms with Gasteiger partial charge in [-0.1, -0.05) is 0 Å². The van der Waals surface area contributed by atoms with Gasteiger partial charge in [0.1, 0.15) is 5.82 Å². The van der Waals surface area contributed by atoms with E-state index < -0.39 is 0 Å². The Morgan fingerprint density at radius 1 is 1.70 bits per heavy atom. The molecule has 1 rings (SSSR count). The van der Waals surface area contributed by atoms with E-state index in [1.165, 1.54) is 6.33 Å². The summed E-state index contributed by atoms with van der Waals surface area (Å²) >= 11 is 0. The molecule has 1 aromatic rings. The lowest BCUT2D eigenvalue weighted by Crippen LogP contribution is -2.18. The van der Waals surface area contributed by atoms with Crippen LogP contribution in [0.25, 0.3) is 0 Å². The van der Waals surface area contributed by atoms with E-state index in [0.29, 0.717) is 5.56 Å². The maximum atomic E-state index is 10.8. The van der Waals surface area contributed by atoms with Crippen LogP contribution in [0.15, 0.2) is 11.1 Å². The van der Waals surface area contributed by atoms with Crippen molar-refractivity contribution in [2.75, 3.05) is 5.73 Å². The molecule has 0 spiro atoms. The second-order valence-electron chi connectivity index (χ2n) is 1.80. The van der Waals surface area contributed by atoms with Crippen molar-refractivity contribution >= 4 is 5.82 Å². The van der Waals surface area contributed by atoms with Gasteiger partial charge < -0.3 is 16.5 Å². The molecular weight excluding hydrogens is 132 g/mol. The Kier molecular flexibility index (Phi) is 1.68. The van der Waals surface area contributed by atoms with Crippen LogP contribution in [-0.4, -0.2) is 9.97 Å². The molecule has 0 fully saturated rings. The number of nitrogens with two attached hydrogens (primary N) is 2. The van der Waals surface area contributed by atoms with E-state index >= 15 is 0 Å². The third-order valence-electron chi connectivity index (χ3n) is 1.19. The van der Waals surface area contributed by atoms with Crippen LogP contribution < -0.4 is 17.0 Å². The summed E-state index contributed by atoms with van der Waals surface area (Å²) in [5.74, 6) is 0.200. The van der Waals surface area contributed by atoms with E-state index in [1.807, 2.05) is 0 Å². The number of hydrogen-bond donors (Lipinski definition) is 3. The lowest BCUT2D eigenvalue weighted by atomic mass is 10.3. The van der Waals surface area contributed by atoms with Gasteiger partial charge in [-0.25, -0.2) is 4.98 Å². The first kappa shape index (κ1) is 6.76. The number of nitrogens with one attached hydrogen (secondary N) is 1. The molecule has 0 radical (unpaired) electrons. The molecule has 0 aliphatic carbocycles. The molecule has 54 valence electrons. The van der Waals surface area contributed by atoms with Crippen LogP contribution in [0.2, 0.25) is 0 Å². The van der Waals surface area contributed by atoms with E-state index in [1.54, 1.807) is 0 Å². The first-order valence-electron chi connectivity index (χ1n) is 2.78. The van der Waals surface area contributed by atoms with Crippen molar-refractivity contribution < 1.29 is 0 Å². The third kappa shape index (κ3) is 0.985. The number of hydrogen-bond acceptors (Lipinski definition) is 4. The Morgan fingerprint density at radius 3 is 2.80 bits per heavy atom. The smallest absolute Gasteiger partial charge is 0.257 e. The summed E-state index contributed by atoms with van der Waals surface area (Å²) in [4.78, 5) is 16.8. The zero-order chi connectivity index (χ0) is 7.56. The highest BCUT2D eigenvalue weighted by Gasteiger charge is 2.00. The van der Waals surface area contributed by atoms with Crippen molar-refractivity contribution in [1.82, 2.24) is 9.97 Å². The molecule has 1 aromatic heterocycles. The molecule has 0 saturated heterocycles. The quantitative estimate of drug-likeness (QED) is 0.457. The topological polar surface area (TPSA) is 97.8 Å². The Labute approximate surface area is 57.1 Å². The van der Waals surface area contributed by atoms with Crippen molar-refractivity contribution in [2.45, 2.75) is 6.54 Å². The average molecular weight is 140 g/mol. The largest absolute Gasteiger partial charge is 0.383 e. The number of aromatic amines is 1. The fourth-order valence-corrected chi connectivity index (χ4v) is 0.639. The molecule has 0 amide bonds. The molecule has 0 atom stereocenters. The number of nitrogen functional groups attached to an aromatic ring is 1. The summed E-state index contributed by atoms with van der Waals surface area (Å²) in [6.45, 7) is 0.120. The molecule has 0 aliphatic rings. The molecule has 1 heterocycles. The molecule has 0 aromatic carbocycles. The minimum Gasteiger partial charge on any atom is -0.383 e. The predicted octanol–water partition coefficient (Wildman–Crippen LogP) is -1.19. The molecule has 0 aliphatic heterocycles. The van der Waals surface area contributed by atoms with Gasteiger partial charge in [0.25, 0.3) is 5.56 Å². The molecule has 0 saturated carbocycles. The number of nitrogens with zero attached hydrogens (tertiary/aromatic N) is 1. The average Bonchev–Trinajstić information content (AvgIpc) is 1.88. The van der Waals surface area contributed by atoms with Gasteiger partial charge in [-0.2, -0.15) is 0 Å². The van der Waals surface area contributed by atoms with Gasteiger partial charge in [-0.15, -0.1) is 0 Å². The first-order valence-corrected chi connectivity index (χ1v) is 2.78. The summed E-state index contributed by atoms with van der Waals surface area (Å²) in [5, 5.41) is 0. The molecule has 0 bridgehead atoms. The van der Waals surface area contributed by atoms with Crippen molar-refractivity contribution in [1.29, 1.82) is 0 Å². The molecule has 5 N–H and O–H groups in total. The van der Waals surface area contributed by atoms with Crippen LogP contribution in [-0.2, 0) is 6.54 Å². The summed E-state index contributed by atoms with van der Waals surface area (Å²) in [7, 11) is 0. The summed E-state index contributed by atoms with van der Waals surface area (Å²) in [6, 6.07) is 0. The lowest BCUT2D eigenvalue weighted by Gasteiger charge is -1.96. The van der Waals surface area contributed by atoms with E-state index in [4.69, 9.17) is 11.5 Å². The lowest BCUT2D eigenvalue weighted by molar-refractivity contribution is 0.983.